The summed E-state index contributed by atoms with van der Waals surface area (Å²) in [5.41, 5.74) is 9.65. The summed E-state index contributed by atoms with van der Waals surface area (Å²) in [6.07, 6.45) is 1.80. The molecule has 0 aliphatic heterocycles. The Morgan fingerprint density at radius 3 is 2.81 bits per heavy atom. The average Bonchev–Trinajstić information content (AvgIpc) is 2.83. The van der Waals surface area contributed by atoms with Gasteiger partial charge in [-0.2, -0.15) is 5.10 Å². The van der Waals surface area contributed by atoms with Gasteiger partial charge in [0.05, 0.1) is 11.7 Å². The molecule has 0 saturated carbocycles. The zero-order valence-electron chi connectivity index (χ0n) is 11.9. The second-order valence-electron chi connectivity index (χ2n) is 5.07. The number of rotatable bonds is 2. The number of nitrogens with two attached hydrogens (primary N) is 1. The monoisotopic (exact) mass is 280 g/mol. The van der Waals surface area contributed by atoms with Crippen LogP contribution in [0.4, 0.5) is 11.4 Å². The summed E-state index contributed by atoms with van der Waals surface area (Å²) < 4.78 is 1.78. The Morgan fingerprint density at radius 2 is 2.05 bits per heavy atom. The molecule has 0 aliphatic carbocycles. The van der Waals surface area contributed by atoms with Crippen LogP contribution in [-0.2, 0) is 7.05 Å². The van der Waals surface area contributed by atoms with Crippen molar-refractivity contribution in [3.05, 3.63) is 53.7 Å². The number of anilines is 2. The summed E-state index contributed by atoms with van der Waals surface area (Å²) in [6.45, 7) is 1.88. The summed E-state index contributed by atoms with van der Waals surface area (Å²) in [7, 11) is 1.87. The third-order valence-electron chi connectivity index (χ3n) is 3.54. The van der Waals surface area contributed by atoms with E-state index in [1.54, 1.807) is 29.1 Å². The van der Waals surface area contributed by atoms with Gasteiger partial charge < -0.3 is 11.1 Å². The first kappa shape index (κ1) is 13.2. The molecule has 3 rings (SSSR count). The van der Waals surface area contributed by atoms with Crippen molar-refractivity contribution in [3.63, 3.8) is 0 Å². The highest BCUT2D eigenvalue weighted by atomic mass is 16.1. The van der Waals surface area contributed by atoms with E-state index >= 15 is 0 Å². The molecule has 0 spiro atoms. The van der Waals surface area contributed by atoms with Gasteiger partial charge in [-0.3, -0.25) is 9.48 Å². The SMILES string of the molecule is Cc1cc(C(=O)Nc2ccc3cnn(C)c3c2)ccc1N. The van der Waals surface area contributed by atoms with E-state index < -0.39 is 0 Å². The normalized spacial score (nSPS) is 10.8. The molecule has 106 valence electrons. The topological polar surface area (TPSA) is 72.9 Å². The molecule has 0 saturated heterocycles. The molecular formula is C16H16N4O. The van der Waals surface area contributed by atoms with Gasteiger partial charge in [-0.15, -0.1) is 0 Å². The minimum atomic E-state index is -0.153. The van der Waals surface area contributed by atoms with Gasteiger partial charge in [0, 0.05) is 29.4 Å². The molecule has 0 unspecified atom stereocenters. The third-order valence-corrected chi connectivity index (χ3v) is 3.54. The van der Waals surface area contributed by atoms with Gasteiger partial charge >= 0.3 is 0 Å². The number of hydrogen-bond donors (Lipinski definition) is 2. The summed E-state index contributed by atoms with van der Waals surface area (Å²) in [4.78, 5) is 12.3. The molecule has 21 heavy (non-hydrogen) atoms. The van der Waals surface area contributed by atoms with E-state index in [1.165, 1.54) is 0 Å². The quantitative estimate of drug-likeness (QED) is 0.709. The van der Waals surface area contributed by atoms with Crippen LogP contribution >= 0.6 is 0 Å². The highest BCUT2D eigenvalue weighted by Gasteiger charge is 2.08. The lowest BCUT2D eigenvalue weighted by atomic mass is 10.1. The molecule has 0 radical (unpaired) electrons. The van der Waals surface area contributed by atoms with Gasteiger partial charge in [-0.25, -0.2) is 0 Å². The predicted molar refractivity (Wildman–Crippen MR) is 84.3 cm³/mol. The molecule has 0 atom stereocenters. The van der Waals surface area contributed by atoms with Crippen molar-refractivity contribution in [2.75, 3.05) is 11.1 Å². The lowest BCUT2D eigenvalue weighted by Gasteiger charge is -2.07. The maximum Gasteiger partial charge on any atom is 0.255 e. The lowest BCUT2D eigenvalue weighted by molar-refractivity contribution is 0.102. The molecule has 1 heterocycles. The summed E-state index contributed by atoms with van der Waals surface area (Å²) in [6, 6.07) is 11.0. The van der Waals surface area contributed by atoms with Crippen molar-refractivity contribution in [1.29, 1.82) is 0 Å². The maximum atomic E-state index is 12.3. The Bertz CT molecular complexity index is 835. The molecular weight excluding hydrogens is 264 g/mol. The Morgan fingerprint density at radius 1 is 1.24 bits per heavy atom. The number of carbonyl (C=O) groups is 1. The van der Waals surface area contributed by atoms with Crippen LogP contribution in [0.5, 0.6) is 0 Å². The van der Waals surface area contributed by atoms with E-state index in [4.69, 9.17) is 5.73 Å². The van der Waals surface area contributed by atoms with Crippen LogP contribution in [0.15, 0.2) is 42.6 Å². The van der Waals surface area contributed by atoms with Crippen molar-refractivity contribution in [2.45, 2.75) is 6.92 Å². The predicted octanol–water partition coefficient (Wildman–Crippen LogP) is 2.72. The number of nitrogens with zero attached hydrogens (tertiary/aromatic N) is 2. The van der Waals surface area contributed by atoms with Crippen LogP contribution < -0.4 is 11.1 Å². The molecule has 5 heteroatoms. The van der Waals surface area contributed by atoms with E-state index in [0.717, 1.165) is 22.2 Å². The molecule has 0 bridgehead atoms. The molecule has 1 amide bonds. The van der Waals surface area contributed by atoms with Gasteiger partial charge in [-0.05, 0) is 48.9 Å². The van der Waals surface area contributed by atoms with E-state index in [0.29, 0.717) is 11.3 Å². The fourth-order valence-electron chi connectivity index (χ4n) is 2.24. The van der Waals surface area contributed by atoms with Crippen molar-refractivity contribution < 1.29 is 4.79 Å². The number of hydrogen-bond acceptors (Lipinski definition) is 3. The fourth-order valence-corrected chi connectivity index (χ4v) is 2.24. The fraction of sp³-hybridized carbons (Fsp3) is 0.125. The van der Waals surface area contributed by atoms with Crippen molar-refractivity contribution in [3.8, 4) is 0 Å². The van der Waals surface area contributed by atoms with Crippen molar-refractivity contribution in [2.24, 2.45) is 7.05 Å². The molecule has 3 N–H and O–H groups in total. The van der Waals surface area contributed by atoms with Gasteiger partial charge in [0.2, 0.25) is 0 Å². The largest absolute Gasteiger partial charge is 0.399 e. The highest BCUT2D eigenvalue weighted by Crippen LogP contribution is 2.19. The van der Waals surface area contributed by atoms with Gasteiger partial charge in [-0.1, -0.05) is 0 Å². The molecule has 2 aromatic carbocycles. The Balaban J connectivity index is 1.88. The zero-order valence-corrected chi connectivity index (χ0v) is 11.9. The first-order valence-electron chi connectivity index (χ1n) is 6.64. The lowest BCUT2D eigenvalue weighted by Crippen LogP contribution is -2.12. The average molecular weight is 280 g/mol. The summed E-state index contributed by atoms with van der Waals surface area (Å²) in [5.74, 6) is -0.153. The highest BCUT2D eigenvalue weighted by molar-refractivity contribution is 6.05. The van der Waals surface area contributed by atoms with Crippen LogP contribution in [0, 0.1) is 6.92 Å². The first-order valence-corrected chi connectivity index (χ1v) is 6.64. The molecule has 5 nitrogen and oxygen atoms in total. The number of fused-ring (bicyclic) bond motifs is 1. The Labute approximate surface area is 122 Å². The summed E-state index contributed by atoms with van der Waals surface area (Å²) in [5, 5.41) is 8.12. The molecule has 1 aromatic heterocycles. The number of benzene rings is 2. The first-order chi connectivity index (χ1) is 10.0. The Kier molecular flexibility index (Phi) is 3.10. The standard InChI is InChI=1S/C16H16N4O/c1-10-7-11(4-6-14(10)17)16(21)19-13-5-3-12-9-18-20(2)15(12)8-13/h3-9H,17H2,1-2H3,(H,19,21). The van der Waals surface area contributed by atoms with Crippen molar-refractivity contribution in [1.82, 2.24) is 9.78 Å². The second-order valence-corrected chi connectivity index (χ2v) is 5.07. The number of amides is 1. The van der Waals surface area contributed by atoms with Crippen LogP contribution in [0.2, 0.25) is 0 Å². The Hall–Kier alpha value is -2.82. The minimum Gasteiger partial charge on any atom is -0.399 e. The second kappa shape index (κ2) is 4.94. The number of nitrogens with one attached hydrogen (secondary N) is 1. The van der Waals surface area contributed by atoms with Gasteiger partial charge in [0.25, 0.3) is 5.91 Å². The zero-order chi connectivity index (χ0) is 15.0. The number of nitrogen functional groups attached to an aromatic ring is 1. The smallest absolute Gasteiger partial charge is 0.255 e. The van der Waals surface area contributed by atoms with Crippen LogP contribution in [0.1, 0.15) is 15.9 Å². The van der Waals surface area contributed by atoms with E-state index in [2.05, 4.69) is 10.4 Å². The molecule has 3 aromatic rings. The van der Waals surface area contributed by atoms with Gasteiger partial charge in [0.1, 0.15) is 0 Å². The maximum absolute atomic E-state index is 12.3. The van der Waals surface area contributed by atoms with Crippen molar-refractivity contribution >= 4 is 28.2 Å². The minimum absolute atomic E-state index is 0.153. The molecule has 0 fully saturated rings. The van der Waals surface area contributed by atoms with Crippen LogP contribution in [0.3, 0.4) is 0 Å². The summed E-state index contributed by atoms with van der Waals surface area (Å²) >= 11 is 0. The number of aromatic nitrogens is 2. The van der Waals surface area contributed by atoms with Crippen LogP contribution in [-0.4, -0.2) is 15.7 Å². The van der Waals surface area contributed by atoms with E-state index in [1.807, 2.05) is 32.2 Å². The number of carbonyl (C=O) groups excluding carboxylic acids is 1. The third kappa shape index (κ3) is 2.45. The molecule has 0 aliphatic rings. The number of aryl methyl sites for hydroxylation is 2. The van der Waals surface area contributed by atoms with Crippen LogP contribution in [0.25, 0.3) is 10.9 Å². The van der Waals surface area contributed by atoms with Gasteiger partial charge in [0.15, 0.2) is 0 Å². The van der Waals surface area contributed by atoms with E-state index in [-0.39, 0.29) is 5.91 Å². The van der Waals surface area contributed by atoms with E-state index in [9.17, 15) is 4.79 Å².